The number of hydrogen-bond donors (Lipinski definition) is 2. The van der Waals surface area contributed by atoms with Crippen molar-refractivity contribution in [3.05, 3.63) is 34.1 Å². The minimum atomic E-state index is -0.474. The summed E-state index contributed by atoms with van der Waals surface area (Å²) in [6.07, 6.45) is 1.18. The van der Waals surface area contributed by atoms with Crippen molar-refractivity contribution in [3.63, 3.8) is 0 Å². The third-order valence-corrected chi connectivity index (χ3v) is 4.46. The molecular formula is C15H19BrFN3O2. The van der Waals surface area contributed by atoms with E-state index in [9.17, 15) is 14.0 Å². The predicted octanol–water partition coefficient (Wildman–Crippen LogP) is 1.53. The van der Waals surface area contributed by atoms with Gasteiger partial charge in [0.2, 0.25) is 5.91 Å². The molecule has 5 nitrogen and oxygen atoms in total. The fraction of sp³-hybridized carbons (Fsp3) is 0.467. The van der Waals surface area contributed by atoms with Gasteiger partial charge in [0.1, 0.15) is 5.82 Å². The maximum Gasteiger partial charge on any atom is 0.252 e. The SMILES string of the molecule is CN(C(=O)CCNC(=O)c1cc(F)ccc1Br)C1CCNC1. The minimum absolute atomic E-state index is 0.00712. The van der Waals surface area contributed by atoms with Gasteiger partial charge in [0.05, 0.1) is 5.56 Å². The Labute approximate surface area is 137 Å². The van der Waals surface area contributed by atoms with Crippen LogP contribution in [0, 0.1) is 5.82 Å². The number of halogens is 2. The fourth-order valence-electron chi connectivity index (χ4n) is 2.40. The molecule has 1 fully saturated rings. The van der Waals surface area contributed by atoms with Crippen molar-refractivity contribution >= 4 is 27.7 Å². The first-order valence-electron chi connectivity index (χ1n) is 7.18. The summed E-state index contributed by atoms with van der Waals surface area (Å²) < 4.78 is 13.7. The summed E-state index contributed by atoms with van der Waals surface area (Å²) in [6, 6.07) is 4.14. The molecule has 1 atom stereocenters. The number of rotatable bonds is 5. The van der Waals surface area contributed by atoms with E-state index in [1.54, 1.807) is 11.9 Å². The van der Waals surface area contributed by atoms with Crippen LogP contribution in [-0.4, -0.2) is 49.4 Å². The van der Waals surface area contributed by atoms with E-state index < -0.39 is 11.7 Å². The monoisotopic (exact) mass is 371 g/mol. The summed E-state index contributed by atoms with van der Waals surface area (Å²) in [7, 11) is 1.78. The van der Waals surface area contributed by atoms with Gasteiger partial charge in [-0.2, -0.15) is 0 Å². The lowest BCUT2D eigenvalue weighted by molar-refractivity contribution is -0.131. The van der Waals surface area contributed by atoms with Crippen molar-refractivity contribution < 1.29 is 14.0 Å². The fourth-order valence-corrected chi connectivity index (χ4v) is 2.83. The molecule has 0 aliphatic carbocycles. The second-order valence-corrected chi connectivity index (χ2v) is 6.14. The van der Waals surface area contributed by atoms with E-state index in [2.05, 4.69) is 26.6 Å². The summed E-state index contributed by atoms with van der Waals surface area (Å²) in [5, 5.41) is 5.86. The van der Waals surface area contributed by atoms with Crippen molar-refractivity contribution in [2.75, 3.05) is 26.7 Å². The number of benzene rings is 1. The second-order valence-electron chi connectivity index (χ2n) is 5.28. The first-order valence-corrected chi connectivity index (χ1v) is 7.98. The van der Waals surface area contributed by atoms with E-state index in [1.165, 1.54) is 12.1 Å². The van der Waals surface area contributed by atoms with Gasteiger partial charge in [-0.05, 0) is 47.1 Å². The van der Waals surface area contributed by atoms with E-state index in [0.29, 0.717) is 4.47 Å². The third-order valence-electron chi connectivity index (χ3n) is 3.77. The summed E-state index contributed by atoms with van der Waals surface area (Å²) in [5.41, 5.74) is 0.223. The van der Waals surface area contributed by atoms with Crippen LogP contribution in [0.2, 0.25) is 0 Å². The van der Waals surface area contributed by atoms with Crippen LogP contribution in [-0.2, 0) is 4.79 Å². The summed E-state index contributed by atoms with van der Waals surface area (Å²) in [5.74, 6) is -0.880. The van der Waals surface area contributed by atoms with E-state index in [0.717, 1.165) is 25.6 Å². The maximum atomic E-state index is 13.2. The Morgan fingerprint density at radius 2 is 2.27 bits per heavy atom. The summed E-state index contributed by atoms with van der Waals surface area (Å²) in [6.45, 7) is 1.96. The molecular weight excluding hydrogens is 353 g/mol. The molecule has 0 bridgehead atoms. The first-order chi connectivity index (χ1) is 10.5. The van der Waals surface area contributed by atoms with Crippen LogP contribution in [0.1, 0.15) is 23.2 Å². The number of hydrogen-bond acceptors (Lipinski definition) is 3. The van der Waals surface area contributed by atoms with E-state index in [-0.39, 0.29) is 30.5 Å². The molecule has 1 aromatic rings. The van der Waals surface area contributed by atoms with Gasteiger partial charge < -0.3 is 15.5 Å². The zero-order valence-electron chi connectivity index (χ0n) is 12.4. The average Bonchev–Trinajstić information content (AvgIpc) is 3.02. The van der Waals surface area contributed by atoms with Crippen molar-refractivity contribution in [3.8, 4) is 0 Å². The van der Waals surface area contributed by atoms with Crippen molar-refractivity contribution in [2.24, 2.45) is 0 Å². The van der Waals surface area contributed by atoms with Gasteiger partial charge >= 0.3 is 0 Å². The number of carbonyl (C=O) groups excluding carboxylic acids is 2. The molecule has 1 unspecified atom stereocenters. The Morgan fingerprint density at radius 3 is 2.95 bits per heavy atom. The standard InChI is InChI=1S/C15H19BrFN3O2/c1-20(11-4-6-18-9-11)14(21)5-7-19-15(22)12-8-10(17)2-3-13(12)16/h2-3,8,11,18H,4-7,9H2,1H3,(H,19,22). The van der Waals surface area contributed by atoms with E-state index in [4.69, 9.17) is 0 Å². The van der Waals surface area contributed by atoms with Gasteiger partial charge in [-0.1, -0.05) is 0 Å². The highest BCUT2D eigenvalue weighted by Gasteiger charge is 2.22. The highest BCUT2D eigenvalue weighted by molar-refractivity contribution is 9.10. The summed E-state index contributed by atoms with van der Waals surface area (Å²) in [4.78, 5) is 25.8. The van der Waals surface area contributed by atoms with Gasteiger partial charge in [-0.15, -0.1) is 0 Å². The molecule has 1 saturated heterocycles. The smallest absolute Gasteiger partial charge is 0.252 e. The molecule has 22 heavy (non-hydrogen) atoms. The van der Waals surface area contributed by atoms with Gasteiger partial charge in [0.15, 0.2) is 0 Å². The largest absolute Gasteiger partial charge is 0.351 e. The molecule has 1 aliphatic heterocycles. The van der Waals surface area contributed by atoms with Gasteiger partial charge in [-0.25, -0.2) is 4.39 Å². The lowest BCUT2D eigenvalue weighted by atomic mass is 10.2. The Bertz CT molecular complexity index is 562. The molecule has 1 aliphatic rings. The molecule has 2 amide bonds. The second kappa shape index (κ2) is 7.69. The van der Waals surface area contributed by atoms with Gasteiger partial charge in [0.25, 0.3) is 5.91 Å². The zero-order valence-corrected chi connectivity index (χ0v) is 14.0. The zero-order chi connectivity index (χ0) is 16.1. The number of likely N-dealkylation sites (N-methyl/N-ethyl adjacent to an activating group) is 1. The maximum absolute atomic E-state index is 13.2. The van der Waals surface area contributed by atoms with Gasteiger partial charge in [0, 0.05) is 37.1 Å². The van der Waals surface area contributed by atoms with Gasteiger partial charge in [-0.3, -0.25) is 9.59 Å². The normalized spacial score (nSPS) is 17.3. The van der Waals surface area contributed by atoms with Crippen LogP contribution >= 0.6 is 15.9 Å². The Balaban J connectivity index is 1.81. The predicted molar refractivity (Wildman–Crippen MR) is 85.1 cm³/mol. The van der Waals surface area contributed by atoms with Crippen molar-refractivity contribution in [2.45, 2.75) is 18.9 Å². The molecule has 2 rings (SSSR count). The third kappa shape index (κ3) is 4.27. The van der Waals surface area contributed by atoms with E-state index in [1.807, 2.05) is 0 Å². The number of carbonyl (C=O) groups is 2. The van der Waals surface area contributed by atoms with E-state index >= 15 is 0 Å². The van der Waals surface area contributed by atoms with Crippen LogP contribution in [0.3, 0.4) is 0 Å². The highest BCUT2D eigenvalue weighted by Crippen LogP contribution is 2.17. The Kier molecular flexibility index (Phi) is 5.90. The average molecular weight is 372 g/mol. The Morgan fingerprint density at radius 1 is 1.50 bits per heavy atom. The van der Waals surface area contributed by atoms with Crippen LogP contribution in [0.4, 0.5) is 4.39 Å². The molecule has 0 aromatic heterocycles. The lowest BCUT2D eigenvalue weighted by Gasteiger charge is -2.23. The molecule has 120 valence electrons. The number of nitrogens with zero attached hydrogens (tertiary/aromatic N) is 1. The minimum Gasteiger partial charge on any atom is -0.351 e. The molecule has 2 N–H and O–H groups in total. The quantitative estimate of drug-likeness (QED) is 0.824. The van der Waals surface area contributed by atoms with Crippen LogP contribution in [0.25, 0.3) is 0 Å². The first kappa shape index (κ1) is 16.9. The lowest BCUT2D eigenvalue weighted by Crippen LogP contribution is -2.40. The summed E-state index contributed by atoms with van der Waals surface area (Å²) >= 11 is 3.21. The molecule has 1 aromatic carbocycles. The topological polar surface area (TPSA) is 61.4 Å². The molecule has 7 heteroatoms. The number of nitrogens with one attached hydrogen (secondary N) is 2. The van der Waals surface area contributed by atoms with Crippen LogP contribution in [0.15, 0.2) is 22.7 Å². The van der Waals surface area contributed by atoms with Crippen LogP contribution in [0.5, 0.6) is 0 Å². The van der Waals surface area contributed by atoms with Crippen molar-refractivity contribution in [1.82, 2.24) is 15.5 Å². The highest BCUT2D eigenvalue weighted by atomic mass is 79.9. The number of amides is 2. The van der Waals surface area contributed by atoms with Crippen molar-refractivity contribution in [1.29, 1.82) is 0 Å². The molecule has 0 saturated carbocycles. The van der Waals surface area contributed by atoms with Crippen LogP contribution < -0.4 is 10.6 Å². The molecule has 0 spiro atoms. The molecule has 0 radical (unpaired) electrons. The molecule has 1 heterocycles. The Hall–Kier alpha value is -1.47.